The summed E-state index contributed by atoms with van der Waals surface area (Å²) in [5.41, 5.74) is 1.55. The predicted molar refractivity (Wildman–Crippen MR) is 89.7 cm³/mol. The fourth-order valence-electron chi connectivity index (χ4n) is 3.34. The van der Waals surface area contributed by atoms with Gasteiger partial charge in [-0.15, -0.1) is 0 Å². The molecule has 0 bridgehead atoms. The van der Waals surface area contributed by atoms with Gasteiger partial charge in [0.15, 0.2) is 5.78 Å². The Hall–Kier alpha value is -1.06. The van der Waals surface area contributed by atoms with Gasteiger partial charge in [-0.25, -0.2) is 0 Å². The highest BCUT2D eigenvalue weighted by atomic mass is 35.5. The van der Waals surface area contributed by atoms with Crippen LogP contribution in [-0.2, 0) is 4.79 Å². The van der Waals surface area contributed by atoms with Crippen LogP contribution in [0.4, 0.5) is 0 Å². The van der Waals surface area contributed by atoms with Gasteiger partial charge in [0.25, 0.3) is 0 Å². The molecule has 1 aromatic rings. The van der Waals surface area contributed by atoms with E-state index in [0.29, 0.717) is 33.5 Å². The van der Waals surface area contributed by atoms with Crippen LogP contribution in [0.3, 0.4) is 0 Å². The molecular weight excluding hydrogens is 321 g/mol. The molecule has 3 nitrogen and oxygen atoms in total. The summed E-state index contributed by atoms with van der Waals surface area (Å²) in [5, 5.41) is 0.677. The van der Waals surface area contributed by atoms with Crippen molar-refractivity contribution in [3.63, 3.8) is 0 Å². The van der Waals surface area contributed by atoms with Crippen molar-refractivity contribution in [2.24, 2.45) is 11.3 Å². The van der Waals surface area contributed by atoms with Gasteiger partial charge in [-0.05, 0) is 48.8 Å². The Morgan fingerprint density at radius 2 is 1.86 bits per heavy atom. The quantitative estimate of drug-likeness (QED) is 0.568. The SMILES string of the molecule is Cc1cc(Cl)c(C(=O)CN(C=O)CC2CC(C)(C)C2)c(Cl)c1. The third-order valence-electron chi connectivity index (χ3n) is 4.14. The van der Waals surface area contributed by atoms with E-state index in [1.54, 1.807) is 12.1 Å². The van der Waals surface area contributed by atoms with Crippen molar-refractivity contribution >= 4 is 35.4 Å². The third-order valence-corrected chi connectivity index (χ3v) is 4.73. The van der Waals surface area contributed by atoms with Crippen LogP contribution in [0.25, 0.3) is 0 Å². The topological polar surface area (TPSA) is 37.4 Å². The van der Waals surface area contributed by atoms with Crippen molar-refractivity contribution in [1.29, 1.82) is 0 Å². The summed E-state index contributed by atoms with van der Waals surface area (Å²) in [5.74, 6) is 0.248. The first-order chi connectivity index (χ1) is 10.2. The number of carbonyl (C=O) groups is 2. The molecule has 1 aromatic carbocycles. The van der Waals surface area contributed by atoms with E-state index in [2.05, 4.69) is 13.8 Å². The molecular formula is C17H21Cl2NO2. The molecule has 0 aliphatic heterocycles. The summed E-state index contributed by atoms with van der Waals surface area (Å²) in [6.45, 7) is 6.92. The second-order valence-corrected chi connectivity index (χ2v) is 7.81. The standard InChI is InChI=1S/C17H21Cl2NO2/c1-11-4-13(18)16(14(19)5-11)15(22)9-20(10-21)8-12-6-17(2,3)7-12/h4-5,10,12H,6-9H2,1-3H3. The predicted octanol–water partition coefficient (Wildman–Crippen LogP) is 4.38. The van der Waals surface area contributed by atoms with Gasteiger partial charge in [0.1, 0.15) is 0 Å². The number of aryl methyl sites for hydroxylation is 1. The lowest BCUT2D eigenvalue weighted by Gasteiger charge is -2.44. The van der Waals surface area contributed by atoms with E-state index >= 15 is 0 Å². The molecule has 2 rings (SSSR count). The molecule has 0 heterocycles. The maximum atomic E-state index is 12.4. The Bertz CT molecular complexity index is 567. The molecule has 22 heavy (non-hydrogen) atoms. The maximum absolute atomic E-state index is 12.4. The number of halogens is 2. The number of hydrogen-bond acceptors (Lipinski definition) is 2. The highest BCUT2D eigenvalue weighted by molar-refractivity contribution is 6.40. The van der Waals surface area contributed by atoms with Crippen LogP contribution in [0, 0.1) is 18.3 Å². The van der Waals surface area contributed by atoms with E-state index in [1.807, 2.05) is 6.92 Å². The van der Waals surface area contributed by atoms with Crippen LogP contribution < -0.4 is 0 Å². The number of hydrogen-bond donors (Lipinski definition) is 0. The van der Waals surface area contributed by atoms with Crippen molar-refractivity contribution in [3.8, 4) is 0 Å². The summed E-state index contributed by atoms with van der Waals surface area (Å²) < 4.78 is 0. The number of ketones is 1. The first-order valence-corrected chi connectivity index (χ1v) is 8.15. The molecule has 0 atom stereocenters. The first-order valence-electron chi connectivity index (χ1n) is 7.40. The molecule has 1 amide bonds. The fraction of sp³-hybridized carbons (Fsp3) is 0.529. The van der Waals surface area contributed by atoms with Crippen LogP contribution in [0.1, 0.15) is 42.6 Å². The van der Waals surface area contributed by atoms with Crippen LogP contribution >= 0.6 is 23.2 Å². The lowest BCUT2D eigenvalue weighted by molar-refractivity contribution is -0.119. The number of Topliss-reactive ketones (excluding diaryl/α,β-unsaturated/α-hetero) is 1. The highest BCUT2D eigenvalue weighted by Crippen LogP contribution is 2.44. The molecule has 1 aliphatic carbocycles. The Balaban J connectivity index is 2.02. The summed E-state index contributed by atoms with van der Waals surface area (Å²) in [4.78, 5) is 25.2. The normalized spacial score (nSPS) is 17.0. The van der Waals surface area contributed by atoms with Crippen molar-refractivity contribution in [2.45, 2.75) is 33.6 Å². The van der Waals surface area contributed by atoms with Gasteiger partial charge in [-0.1, -0.05) is 37.0 Å². The molecule has 1 saturated carbocycles. The Kier molecular flexibility index (Phi) is 5.18. The maximum Gasteiger partial charge on any atom is 0.210 e. The van der Waals surface area contributed by atoms with Gasteiger partial charge in [0.2, 0.25) is 6.41 Å². The molecule has 1 fully saturated rings. The number of carbonyl (C=O) groups excluding carboxylic acids is 2. The zero-order valence-corrected chi connectivity index (χ0v) is 14.7. The minimum absolute atomic E-state index is 0.0168. The first kappa shape index (κ1) is 17.3. The molecule has 0 spiro atoms. The van der Waals surface area contributed by atoms with E-state index < -0.39 is 0 Å². The summed E-state index contributed by atoms with van der Waals surface area (Å²) in [6.07, 6.45) is 2.90. The second-order valence-electron chi connectivity index (χ2n) is 7.00. The molecule has 0 aromatic heterocycles. The van der Waals surface area contributed by atoms with E-state index in [9.17, 15) is 9.59 Å². The van der Waals surface area contributed by atoms with Crippen LogP contribution in [0.2, 0.25) is 10.0 Å². The fourth-order valence-corrected chi connectivity index (χ4v) is 4.15. The van der Waals surface area contributed by atoms with Crippen molar-refractivity contribution in [3.05, 3.63) is 33.3 Å². The van der Waals surface area contributed by atoms with Gasteiger partial charge in [0.05, 0.1) is 22.2 Å². The van der Waals surface area contributed by atoms with E-state index in [-0.39, 0.29) is 12.3 Å². The molecule has 0 unspecified atom stereocenters. The summed E-state index contributed by atoms with van der Waals surface area (Å²) >= 11 is 12.3. The lowest BCUT2D eigenvalue weighted by Crippen LogP contribution is -2.41. The number of amides is 1. The zero-order chi connectivity index (χ0) is 16.5. The molecule has 1 aliphatic rings. The van der Waals surface area contributed by atoms with E-state index in [1.165, 1.54) is 4.90 Å². The van der Waals surface area contributed by atoms with Gasteiger partial charge in [0, 0.05) is 6.54 Å². The Morgan fingerprint density at radius 1 is 1.32 bits per heavy atom. The largest absolute Gasteiger partial charge is 0.337 e. The molecule has 0 saturated heterocycles. The van der Waals surface area contributed by atoms with Gasteiger partial charge < -0.3 is 4.90 Å². The van der Waals surface area contributed by atoms with E-state index in [4.69, 9.17) is 23.2 Å². The minimum atomic E-state index is -0.222. The Morgan fingerprint density at radius 3 is 2.32 bits per heavy atom. The minimum Gasteiger partial charge on any atom is -0.337 e. The van der Waals surface area contributed by atoms with Gasteiger partial charge in [-0.2, -0.15) is 0 Å². The van der Waals surface area contributed by atoms with Crippen molar-refractivity contribution in [1.82, 2.24) is 4.90 Å². The third kappa shape index (κ3) is 4.02. The van der Waals surface area contributed by atoms with Crippen molar-refractivity contribution < 1.29 is 9.59 Å². The lowest BCUT2D eigenvalue weighted by atomic mass is 9.64. The van der Waals surface area contributed by atoms with Crippen LogP contribution in [0.5, 0.6) is 0 Å². The Labute approximate surface area is 141 Å². The summed E-state index contributed by atoms with van der Waals surface area (Å²) in [6, 6.07) is 3.42. The number of benzene rings is 1. The van der Waals surface area contributed by atoms with Crippen molar-refractivity contribution in [2.75, 3.05) is 13.1 Å². The smallest absolute Gasteiger partial charge is 0.210 e. The highest BCUT2D eigenvalue weighted by Gasteiger charge is 2.36. The number of nitrogens with zero attached hydrogens (tertiary/aromatic N) is 1. The summed E-state index contributed by atoms with van der Waals surface area (Å²) in [7, 11) is 0. The second kappa shape index (κ2) is 6.59. The monoisotopic (exact) mass is 341 g/mol. The average Bonchev–Trinajstić information content (AvgIpc) is 2.34. The van der Waals surface area contributed by atoms with Crippen LogP contribution in [-0.4, -0.2) is 30.2 Å². The molecule has 120 valence electrons. The van der Waals surface area contributed by atoms with E-state index in [0.717, 1.165) is 24.8 Å². The zero-order valence-electron chi connectivity index (χ0n) is 13.2. The molecule has 5 heteroatoms. The van der Waals surface area contributed by atoms with Crippen LogP contribution in [0.15, 0.2) is 12.1 Å². The number of rotatable bonds is 6. The van der Waals surface area contributed by atoms with Gasteiger partial charge in [-0.3, -0.25) is 9.59 Å². The molecule has 0 radical (unpaired) electrons. The molecule has 0 N–H and O–H groups in total. The average molecular weight is 342 g/mol. The van der Waals surface area contributed by atoms with Gasteiger partial charge >= 0.3 is 0 Å².